The number of nitrogens with two attached hydrogens (primary N) is 1. The molecule has 0 heterocycles. The summed E-state index contributed by atoms with van der Waals surface area (Å²) in [5.74, 6) is -0.758. The molecule has 0 fully saturated rings. The highest BCUT2D eigenvalue weighted by Crippen LogP contribution is 2.20. The highest BCUT2D eigenvalue weighted by Gasteiger charge is 2.30. The maximum Gasteiger partial charge on any atom is 0.321 e. The van der Waals surface area contributed by atoms with Crippen LogP contribution in [0.5, 0.6) is 0 Å². The Hall–Kier alpha value is -0.280. The van der Waals surface area contributed by atoms with E-state index in [-0.39, 0.29) is 5.88 Å². The summed E-state index contributed by atoms with van der Waals surface area (Å²) in [6, 6.07) is -0.884. The third kappa shape index (κ3) is 2.15. The third-order valence-electron chi connectivity index (χ3n) is 1.45. The summed E-state index contributed by atoms with van der Waals surface area (Å²) in [6.45, 7) is 3.44. The van der Waals surface area contributed by atoms with Crippen LogP contribution in [0.1, 0.15) is 13.8 Å². The number of alkyl halides is 1. The molecular formula is C6H12ClNO2. The summed E-state index contributed by atoms with van der Waals surface area (Å²) in [5, 5.41) is 8.47. The molecule has 0 unspecified atom stereocenters. The van der Waals surface area contributed by atoms with Gasteiger partial charge in [0.25, 0.3) is 0 Å². The van der Waals surface area contributed by atoms with Gasteiger partial charge < -0.3 is 10.8 Å². The Morgan fingerprint density at radius 1 is 1.80 bits per heavy atom. The number of carboxylic acid groups (broad SMARTS) is 1. The van der Waals surface area contributed by atoms with Crippen molar-refractivity contribution in [3.8, 4) is 0 Å². The molecule has 0 bridgehead atoms. The average molecular weight is 166 g/mol. The minimum absolute atomic E-state index is 0.250. The van der Waals surface area contributed by atoms with Gasteiger partial charge in [-0.2, -0.15) is 0 Å². The van der Waals surface area contributed by atoms with Crippen molar-refractivity contribution in [1.29, 1.82) is 0 Å². The minimum Gasteiger partial charge on any atom is -0.480 e. The van der Waals surface area contributed by atoms with Crippen LogP contribution in [0.25, 0.3) is 0 Å². The number of hydrogen-bond donors (Lipinski definition) is 2. The molecule has 3 nitrogen and oxygen atoms in total. The summed E-state index contributed by atoms with van der Waals surface area (Å²) in [7, 11) is 0. The van der Waals surface area contributed by atoms with Gasteiger partial charge in [0.15, 0.2) is 0 Å². The molecule has 0 radical (unpaired) electrons. The maximum atomic E-state index is 10.3. The quantitative estimate of drug-likeness (QED) is 0.604. The largest absolute Gasteiger partial charge is 0.480 e. The van der Waals surface area contributed by atoms with Gasteiger partial charge in [-0.1, -0.05) is 13.8 Å². The molecule has 0 rings (SSSR count). The van der Waals surface area contributed by atoms with Gasteiger partial charge in [0.2, 0.25) is 0 Å². The normalized spacial score (nSPS) is 14.8. The van der Waals surface area contributed by atoms with E-state index in [1.807, 2.05) is 0 Å². The molecule has 3 N–H and O–H groups in total. The first-order chi connectivity index (χ1) is 4.41. The number of aliphatic carboxylic acids is 1. The zero-order chi connectivity index (χ0) is 8.36. The van der Waals surface area contributed by atoms with Crippen molar-refractivity contribution in [2.45, 2.75) is 19.9 Å². The highest BCUT2D eigenvalue weighted by atomic mass is 35.5. The molecule has 1 atom stereocenters. The van der Waals surface area contributed by atoms with Crippen LogP contribution in [0.15, 0.2) is 0 Å². The lowest BCUT2D eigenvalue weighted by Crippen LogP contribution is -2.44. The van der Waals surface area contributed by atoms with Crippen LogP contribution in [0.3, 0.4) is 0 Å². The van der Waals surface area contributed by atoms with Crippen LogP contribution >= 0.6 is 11.6 Å². The van der Waals surface area contributed by atoms with E-state index in [9.17, 15) is 4.79 Å². The van der Waals surface area contributed by atoms with Crippen molar-refractivity contribution < 1.29 is 9.90 Å². The molecule has 0 amide bonds. The number of halogens is 1. The number of hydrogen-bond acceptors (Lipinski definition) is 2. The minimum atomic E-state index is -1.01. The van der Waals surface area contributed by atoms with Crippen molar-refractivity contribution in [2.24, 2.45) is 11.1 Å². The number of carboxylic acids is 1. The molecule has 60 valence electrons. The molecule has 0 aliphatic carbocycles. The zero-order valence-electron chi connectivity index (χ0n) is 6.10. The summed E-state index contributed by atoms with van der Waals surface area (Å²) in [4.78, 5) is 10.3. The third-order valence-corrected chi connectivity index (χ3v) is 2.14. The second-order valence-electron chi connectivity index (χ2n) is 2.94. The molecule has 0 spiro atoms. The van der Waals surface area contributed by atoms with E-state index in [2.05, 4.69) is 0 Å². The van der Waals surface area contributed by atoms with Crippen molar-refractivity contribution in [1.82, 2.24) is 0 Å². The van der Waals surface area contributed by atoms with E-state index < -0.39 is 17.4 Å². The zero-order valence-corrected chi connectivity index (χ0v) is 6.85. The van der Waals surface area contributed by atoms with E-state index in [1.165, 1.54) is 0 Å². The molecule has 0 aromatic heterocycles. The topological polar surface area (TPSA) is 63.3 Å². The van der Waals surface area contributed by atoms with Gasteiger partial charge in [-0.25, -0.2) is 0 Å². The monoisotopic (exact) mass is 165 g/mol. The predicted octanol–water partition coefficient (Wildman–Crippen LogP) is 0.663. The SMILES string of the molecule is CC(C)(CCl)[C@H](N)C(=O)O. The first-order valence-electron chi connectivity index (χ1n) is 2.96. The van der Waals surface area contributed by atoms with Gasteiger partial charge in [0.05, 0.1) is 0 Å². The Morgan fingerprint density at radius 3 is 2.30 bits per heavy atom. The molecule has 0 aromatic carbocycles. The van der Waals surface area contributed by atoms with Gasteiger partial charge in [0, 0.05) is 11.3 Å². The molecule has 4 heteroatoms. The summed E-state index contributed by atoms with van der Waals surface area (Å²) in [6.07, 6.45) is 0. The number of rotatable bonds is 3. The molecule has 0 aliphatic heterocycles. The lowest BCUT2D eigenvalue weighted by molar-refractivity contribution is -0.140. The van der Waals surface area contributed by atoms with Crippen LogP contribution in [0, 0.1) is 5.41 Å². The second kappa shape index (κ2) is 3.21. The van der Waals surface area contributed by atoms with Crippen LogP contribution in [-0.2, 0) is 4.79 Å². The summed E-state index contributed by atoms with van der Waals surface area (Å²) in [5.41, 5.74) is 4.79. The van der Waals surface area contributed by atoms with Crippen LogP contribution < -0.4 is 5.73 Å². The van der Waals surface area contributed by atoms with E-state index in [0.29, 0.717) is 0 Å². The smallest absolute Gasteiger partial charge is 0.321 e. The van der Waals surface area contributed by atoms with Gasteiger partial charge in [-0.3, -0.25) is 4.79 Å². The van der Waals surface area contributed by atoms with Gasteiger partial charge in [0.1, 0.15) is 6.04 Å². The second-order valence-corrected chi connectivity index (χ2v) is 3.21. The summed E-state index contributed by atoms with van der Waals surface area (Å²) < 4.78 is 0. The van der Waals surface area contributed by atoms with Gasteiger partial charge in [-0.15, -0.1) is 11.6 Å². The Morgan fingerprint density at radius 2 is 2.20 bits per heavy atom. The Balaban J connectivity index is 4.17. The van der Waals surface area contributed by atoms with E-state index in [0.717, 1.165) is 0 Å². The van der Waals surface area contributed by atoms with Crippen molar-refractivity contribution >= 4 is 17.6 Å². The lowest BCUT2D eigenvalue weighted by atomic mass is 9.87. The molecule has 0 saturated heterocycles. The van der Waals surface area contributed by atoms with Crippen molar-refractivity contribution in [3.63, 3.8) is 0 Å². The Bertz CT molecular complexity index is 136. The van der Waals surface area contributed by atoms with Crippen LogP contribution in [0.2, 0.25) is 0 Å². The van der Waals surface area contributed by atoms with E-state index in [4.69, 9.17) is 22.4 Å². The molecular weight excluding hydrogens is 154 g/mol. The molecule has 10 heavy (non-hydrogen) atoms. The van der Waals surface area contributed by atoms with E-state index >= 15 is 0 Å². The van der Waals surface area contributed by atoms with Crippen molar-refractivity contribution in [2.75, 3.05) is 5.88 Å². The Labute approximate surface area is 65.2 Å². The number of carbonyl (C=O) groups is 1. The van der Waals surface area contributed by atoms with Gasteiger partial charge in [-0.05, 0) is 0 Å². The fourth-order valence-electron chi connectivity index (χ4n) is 0.417. The molecule has 0 saturated carbocycles. The fourth-order valence-corrected chi connectivity index (χ4v) is 0.584. The fraction of sp³-hybridized carbons (Fsp3) is 0.833. The average Bonchev–Trinajstić information content (AvgIpc) is 1.86. The van der Waals surface area contributed by atoms with Gasteiger partial charge >= 0.3 is 5.97 Å². The lowest BCUT2D eigenvalue weighted by Gasteiger charge is -2.25. The first-order valence-corrected chi connectivity index (χ1v) is 3.49. The first kappa shape index (κ1) is 9.72. The van der Waals surface area contributed by atoms with Crippen LogP contribution in [0.4, 0.5) is 0 Å². The molecule has 0 aliphatic rings. The maximum absolute atomic E-state index is 10.3. The standard InChI is InChI=1S/C6H12ClNO2/c1-6(2,3-7)4(8)5(9)10/h4H,3,8H2,1-2H3,(H,9,10)/t4-/m1/s1. The molecule has 0 aromatic rings. The van der Waals surface area contributed by atoms with Crippen molar-refractivity contribution in [3.05, 3.63) is 0 Å². The predicted molar refractivity (Wildman–Crippen MR) is 40.1 cm³/mol. The van der Waals surface area contributed by atoms with E-state index in [1.54, 1.807) is 13.8 Å². The summed E-state index contributed by atoms with van der Waals surface area (Å²) >= 11 is 5.49. The van der Waals surface area contributed by atoms with Crippen LogP contribution in [-0.4, -0.2) is 23.0 Å². The highest BCUT2D eigenvalue weighted by molar-refractivity contribution is 6.18. The Kier molecular flexibility index (Phi) is 3.12.